The van der Waals surface area contributed by atoms with Crippen molar-refractivity contribution >= 4 is 11.9 Å². The Morgan fingerprint density at radius 2 is 1.83 bits per heavy atom. The van der Waals surface area contributed by atoms with Gasteiger partial charge in [-0.15, -0.1) is 0 Å². The molecule has 2 heterocycles. The molecule has 5 nitrogen and oxygen atoms in total. The second-order valence-corrected chi connectivity index (χ2v) is 7.32. The lowest BCUT2D eigenvalue weighted by atomic mass is 10.1. The summed E-state index contributed by atoms with van der Waals surface area (Å²) in [6.45, 7) is 7.85. The smallest absolute Gasteiger partial charge is 0.410 e. The average Bonchev–Trinajstić information content (AvgIpc) is 2.77. The van der Waals surface area contributed by atoms with Crippen LogP contribution in [0.5, 0.6) is 0 Å². The number of hydrogen-bond acceptors (Lipinski definition) is 4. The van der Waals surface area contributed by atoms with E-state index in [2.05, 4.69) is 5.32 Å². The van der Waals surface area contributed by atoms with E-state index in [9.17, 15) is 18.4 Å². The average molecular weight is 348 g/mol. The van der Waals surface area contributed by atoms with Crippen LogP contribution in [0.15, 0.2) is 0 Å². The molecule has 0 saturated carbocycles. The maximum Gasteiger partial charge on any atom is 0.410 e. The van der Waals surface area contributed by atoms with Crippen molar-refractivity contribution in [1.82, 2.24) is 10.2 Å². The Morgan fingerprint density at radius 3 is 2.50 bits per heavy atom. The molecular weight excluding hydrogens is 318 g/mol. The quantitative estimate of drug-likeness (QED) is 0.729. The predicted octanol–water partition coefficient (Wildman–Crippen LogP) is 3.37. The highest BCUT2D eigenvalue weighted by Gasteiger charge is 2.28. The zero-order valence-corrected chi connectivity index (χ0v) is 15.0. The maximum absolute atomic E-state index is 12.4. The van der Waals surface area contributed by atoms with Crippen molar-refractivity contribution < 1.29 is 23.1 Å². The molecule has 2 fully saturated rings. The minimum absolute atomic E-state index is 0.00694. The van der Waals surface area contributed by atoms with Crippen molar-refractivity contribution in [1.29, 1.82) is 0 Å². The first-order chi connectivity index (χ1) is 11.1. The van der Waals surface area contributed by atoms with Gasteiger partial charge < -0.3 is 15.0 Å². The molecule has 2 saturated heterocycles. The van der Waals surface area contributed by atoms with E-state index in [1.54, 1.807) is 4.90 Å². The number of ether oxygens (including phenoxy) is 1. The summed E-state index contributed by atoms with van der Waals surface area (Å²) >= 11 is 0. The van der Waals surface area contributed by atoms with Crippen LogP contribution in [0.2, 0.25) is 0 Å². The topological polar surface area (TPSA) is 58.6 Å². The van der Waals surface area contributed by atoms with Gasteiger partial charge in [0, 0.05) is 45.3 Å². The van der Waals surface area contributed by atoms with Gasteiger partial charge in [-0.25, -0.2) is 13.6 Å². The Hall–Kier alpha value is -1.24. The molecule has 1 amide bonds. The van der Waals surface area contributed by atoms with Crippen LogP contribution in [-0.4, -0.2) is 54.5 Å². The van der Waals surface area contributed by atoms with Crippen LogP contribution in [0.3, 0.4) is 0 Å². The number of likely N-dealkylation sites (tertiary alicyclic amines) is 1. The van der Waals surface area contributed by atoms with E-state index in [0.29, 0.717) is 38.9 Å². The van der Waals surface area contributed by atoms with E-state index in [1.165, 1.54) is 0 Å². The van der Waals surface area contributed by atoms with Crippen molar-refractivity contribution in [3.63, 3.8) is 0 Å². The molecule has 1 N–H and O–H groups in total. The molecule has 0 aromatic carbocycles. The fourth-order valence-corrected chi connectivity index (χ4v) is 2.47. The lowest BCUT2D eigenvalue weighted by molar-refractivity contribution is -0.118. The lowest BCUT2D eigenvalue weighted by Crippen LogP contribution is -2.37. The number of hydrogen-bond donors (Lipinski definition) is 1. The van der Waals surface area contributed by atoms with Gasteiger partial charge in [0.25, 0.3) is 0 Å². The Balaban J connectivity index is 0.000000272. The van der Waals surface area contributed by atoms with Crippen LogP contribution in [0.1, 0.15) is 59.3 Å². The normalized spacial score (nSPS) is 21.9. The fraction of sp³-hybridized carbons (Fsp3) is 0.882. The zero-order valence-electron chi connectivity index (χ0n) is 15.0. The monoisotopic (exact) mass is 348 g/mol. The summed E-state index contributed by atoms with van der Waals surface area (Å²) in [5, 5.41) is 2.92. The van der Waals surface area contributed by atoms with Gasteiger partial charge in [0.1, 0.15) is 11.4 Å². The van der Waals surface area contributed by atoms with Gasteiger partial charge in [0.15, 0.2) is 0 Å². The maximum atomic E-state index is 12.4. The zero-order chi connectivity index (χ0) is 18.2. The Kier molecular flexibility index (Phi) is 8.06. The Morgan fingerprint density at radius 1 is 1.12 bits per heavy atom. The Labute approximate surface area is 143 Å². The number of amides is 1. The van der Waals surface area contributed by atoms with Gasteiger partial charge >= 0.3 is 6.09 Å². The molecule has 0 spiro atoms. The van der Waals surface area contributed by atoms with Crippen molar-refractivity contribution in [2.24, 2.45) is 0 Å². The van der Waals surface area contributed by atoms with Gasteiger partial charge in [-0.3, -0.25) is 4.79 Å². The summed E-state index contributed by atoms with van der Waals surface area (Å²) in [5.74, 6) is -2.16. The molecule has 2 rings (SSSR count). The molecule has 0 aromatic rings. The van der Waals surface area contributed by atoms with E-state index < -0.39 is 11.5 Å². The largest absolute Gasteiger partial charge is 0.444 e. The van der Waals surface area contributed by atoms with Crippen LogP contribution in [-0.2, 0) is 9.53 Å². The molecule has 140 valence electrons. The fourth-order valence-electron chi connectivity index (χ4n) is 2.47. The van der Waals surface area contributed by atoms with E-state index >= 15 is 0 Å². The minimum Gasteiger partial charge on any atom is -0.444 e. The van der Waals surface area contributed by atoms with Crippen molar-refractivity contribution in [2.75, 3.05) is 26.2 Å². The molecule has 2 aliphatic rings. The molecule has 24 heavy (non-hydrogen) atoms. The molecule has 0 atom stereocenters. The second kappa shape index (κ2) is 9.30. The summed E-state index contributed by atoms with van der Waals surface area (Å²) in [5.41, 5.74) is -0.465. The molecular formula is C17H30F2N2O3. The number of Topliss-reactive ketones (excluding diaryl/α,β-unsaturated/α-hetero) is 1. The lowest BCUT2D eigenvalue weighted by Gasteiger charge is -2.26. The number of halogens is 2. The van der Waals surface area contributed by atoms with Crippen LogP contribution >= 0.6 is 0 Å². The van der Waals surface area contributed by atoms with Gasteiger partial charge in [-0.05, 0) is 40.2 Å². The van der Waals surface area contributed by atoms with E-state index in [0.717, 1.165) is 13.0 Å². The van der Waals surface area contributed by atoms with Crippen LogP contribution in [0, 0.1) is 0 Å². The molecule has 0 aromatic heterocycles. The SMILES string of the molecule is CC(C)(C)OC(=O)N1CCCC(=O)CC1.FC1(F)CCCNCC1. The van der Waals surface area contributed by atoms with Gasteiger partial charge in [0.05, 0.1) is 0 Å². The Bertz CT molecular complexity index is 413. The standard InChI is InChI=1S/C11H19NO3.C6H11F2N/c1-11(2,3)15-10(14)12-7-4-5-9(13)6-8-12;7-6(8)2-1-4-9-5-3-6/h4-8H2,1-3H3;9H,1-5H2. The van der Waals surface area contributed by atoms with Crippen molar-refractivity contribution in [3.8, 4) is 0 Å². The summed E-state index contributed by atoms with van der Waals surface area (Å²) in [4.78, 5) is 24.4. The predicted molar refractivity (Wildman–Crippen MR) is 88.3 cm³/mol. The third-order valence-electron chi connectivity index (χ3n) is 3.76. The number of carbonyl (C=O) groups is 2. The summed E-state index contributed by atoms with van der Waals surface area (Å²) < 4.78 is 30.1. The minimum atomic E-state index is -2.40. The molecule has 0 unspecified atom stereocenters. The van der Waals surface area contributed by atoms with E-state index in [-0.39, 0.29) is 24.7 Å². The first-order valence-corrected chi connectivity index (χ1v) is 8.67. The van der Waals surface area contributed by atoms with Crippen LogP contribution in [0.25, 0.3) is 0 Å². The first kappa shape index (κ1) is 20.8. The van der Waals surface area contributed by atoms with Crippen LogP contribution < -0.4 is 5.32 Å². The van der Waals surface area contributed by atoms with Gasteiger partial charge in [0.2, 0.25) is 5.92 Å². The number of ketones is 1. The van der Waals surface area contributed by atoms with Crippen molar-refractivity contribution in [3.05, 3.63) is 0 Å². The van der Waals surface area contributed by atoms with Gasteiger partial charge in [-0.2, -0.15) is 0 Å². The molecule has 0 radical (unpaired) electrons. The van der Waals surface area contributed by atoms with E-state index in [4.69, 9.17) is 4.74 Å². The molecule has 0 aliphatic carbocycles. The third-order valence-corrected chi connectivity index (χ3v) is 3.76. The highest BCUT2D eigenvalue weighted by Crippen LogP contribution is 2.24. The molecule has 2 aliphatic heterocycles. The van der Waals surface area contributed by atoms with E-state index in [1.807, 2.05) is 20.8 Å². The number of nitrogens with zero attached hydrogens (tertiary/aromatic N) is 1. The first-order valence-electron chi connectivity index (χ1n) is 8.67. The third kappa shape index (κ3) is 9.15. The van der Waals surface area contributed by atoms with Crippen molar-refractivity contribution in [2.45, 2.75) is 70.8 Å². The molecule has 0 bridgehead atoms. The molecule has 7 heteroatoms. The number of alkyl halides is 2. The highest BCUT2D eigenvalue weighted by atomic mass is 19.3. The van der Waals surface area contributed by atoms with Crippen LogP contribution in [0.4, 0.5) is 13.6 Å². The van der Waals surface area contributed by atoms with Gasteiger partial charge in [-0.1, -0.05) is 0 Å². The second-order valence-electron chi connectivity index (χ2n) is 7.32. The number of rotatable bonds is 0. The summed E-state index contributed by atoms with van der Waals surface area (Å²) in [6.07, 6.45) is 2.15. The highest BCUT2D eigenvalue weighted by molar-refractivity contribution is 5.80. The summed E-state index contributed by atoms with van der Waals surface area (Å²) in [6, 6.07) is 0. The number of carbonyl (C=O) groups excluding carboxylic acids is 2. The summed E-state index contributed by atoms with van der Waals surface area (Å²) in [7, 11) is 0. The number of nitrogens with one attached hydrogen (secondary N) is 1.